The van der Waals surface area contributed by atoms with Crippen LogP contribution < -0.4 is 4.90 Å². The monoisotopic (exact) mass is 416 g/mol. The van der Waals surface area contributed by atoms with Gasteiger partial charge in [0.05, 0.1) is 5.56 Å². The number of carbonyl (C=O) groups excluding carboxylic acids is 1. The molecule has 1 aliphatic rings. The number of amides is 1. The van der Waals surface area contributed by atoms with Crippen LogP contribution in [0.4, 0.5) is 18.9 Å². The van der Waals surface area contributed by atoms with Gasteiger partial charge in [0, 0.05) is 37.9 Å². The van der Waals surface area contributed by atoms with Crippen molar-refractivity contribution in [3.05, 3.63) is 71.3 Å². The molecule has 0 aromatic heterocycles. The lowest BCUT2D eigenvalue weighted by Crippen LogP contribution is -2.48. The molecule has 3 rings (SSSR count). The van der Waals surface area contributed by atoms with Crippen molar-refractivity contribution >= 4 is 17.7 Å². The van der Waals surface area contributed by atoms with Crippen molar-refractivity contribution in [3.8, 4) is 0 Å². The molecule has 0 atom stereocenters. The third-order valence-electron chi connectivity index (χ3n) is 5.33. The summed E-state index contributed by atoms with van der Waals surface area (Å²) in [6, 6.07) is 13.5. The van der Waals surface area contributed by atoms with E-state index in [1.807, 2.05) is 17.0 Å². The summed E-state index contributed by atoms with van der Waals surface area (Å²) in [6.07, 6.45) is -0.996. The highest BCUT2D eigenvalue weighted by Gasteiger charge is 2.31. The van der Waals surface area contributed by atoms with Crippen molar-refractivity contribution in [2.24, 2.45) is 0 Å². The third-order valence-corrected chi connectivity index (χ3v) is 5.33. The summed E-state index contributed by atoms with van der Waals surface area (Å²) >= 11 is 0. The predicted octanol–water partition coefficient (Wildman–Crippen LogP) is 5.36. The molecule has 0 aliphatic carbocycles. The van der Waals surface area contributed by atoms with Crippen LogP contribution in [0.5, 0.6) is 0 Å². The zero-order valence-electron chi connectivity index (χ0n) is 17.5. The van der Waals surface area contributed by atoms with Crippen LogP contribution >= 0.6 is 0 Å². The van der Waals surface area contributed by atoms with E-state index in [-0.39, 0.29) is 11.3 Å². The quantitative estimate of drug-likeness (QED) is 0.629. The van der Waals surface area contributed by atoms with E-state index in [1.165, 1.54) is 17.7 Å². The molecule has 1 fully saturated rings. The van der Waals surface area contributed by atoms with Crippen LogP contribution in [0.15, 0.2) is 54.6 Å². The molecular formula is C24H27F3N2O. The number of halogens is 3. The van der Waals surface area contributed by atoms with E-state index >= 15 is 0 Å². The molecule has 1 heterocycles. The Labute approximate surface area is 175 Å². The zero-order valence-corrected chi connectivity index (χ0v) is 17.5. The standard InChI is InChI=1S/C24H27F3N2O/c1-23(2,3)19-10-7-18(8-11-19)9-12-22(30)29-15-13-28(14-16-29)21-6-4-5-20(17-21)24(25,26)27/h4-12,17H,13-16H2,1-3H3/b12-9+. The van der Waals surface area contributed by atoms with Gasteiger partial charge < -0.3 is 9.80 Å². The Bertz CT molecular complexity index is 903. The lowest BCUT2D eigenvalue weighted by Gasteiger charge is -2.35. The SMILES string of the molecule is CC(C)(C)c1ccc(/C=C/C(=O)N2CCN(c3cccc(C(F)(F)F)c3)CC2)cc1. The highest BCUT2D eigenvalue weighted by atomic mass is 19.4. The fourth-order valence-electron chi connectivity index (χ4n) is 3.43. The van der Waals surface area contributed by atoms with Gasteiger partial charge in [0.1, 0.15) is 0 Å². The average molecular weight is 416 g/mol. The molecule has 2 aromatic carbocycles. The lowest BCUT2D eigenvalue weighted by molar-refractivity contribution is -0.137. The molecule has 0 saturated carbocycles. The number of hydrogen-bond donors (Lipinski definition) is 0. The molecule has 1 amide bonds. The number of piperazine rings is 1. The predicted molar refractivity (Wildman–Crippen MR) is 114 cm³/mol. The molecule has 0 radical (unpaired) electrons. The van der Waals surface area contributed by atoms with Gasteiger partial charge in [-0.05, 0) is 40.8 Å². The van der Waals surface area contributed by atoms with Crippen LogP contribution in [-0.4, -0.2) is 37.0 Å². The highest BCUT2D eigenvalue weighted by Crippen LogP contribution is 2.32. The van der Waals surface area contributed by atoms with Crippen LogP contribution in [0.25, 0.3) is 6.08 Å². The Morgan fingerprint density at radius 3 is 2.10 bits per heavy atom. The first kappa shape index (κ1) is 21.9. The van der Waals surface area contributed by atoms with Gasteiger partial charge in [0.2, 0.25) is 5.91 Å². The number of benzene rings is 2. The van der Waals surface area contributed by atoms with E-state index in [4.69, 9.17) is 0 Å². The first-order valence-electron chi connectivity index (χ1n) is 10.0. The second kappa shape index (κ2) is 8.54. The van der Waals surface area contributed by atoms with Crippen LogP contribution in [-0.2, 0) is 16.4 Å². The lowest BCUT2D eigenvalue weighted by atomic mass is 9.87. The van der Waals surface area contributed by atoms with Gasteiger partial charge in [-0.15, -0.1) is 0 Å². The Morgan fingerprint density at radius 2 is 1.53 bits per heavy atom. The van der Waals surface area contributed by atoms with E-state index in [9.17, 15) is 18.0 Å². The van der Waals surface area contributed by atoms with Gasteiger partial charge in [-0.1, -0.05) is 51.1 Å². The molecule has 3 nitrogen and oxygen atoms in total. The van der Waals surface area contributed by atoms with Crippen molar-refractivity contribution in [3.63, 3.8) is 0 Å². The largest absolute Gasteiger partial charge is 0.416 e. The number of carbonyl (C=O) groups is 1. The number of hydrogen-bond acceptors (Lipinski definition) is 2. The molecule has 1 saturated heterocycles. The Hall–Kier alpha value is -2.76. The zero-order chi connectivity index (χ0) is 21.9. The molecule has 6 heteroatoms. The Balaban J connectivity index is 1.57. The van der Waals surface area contributed by atoms with Gasteiger partial charge in [-0.3, -0.25) is 4.79 Å². The Morgan fingerprint density at radius 1 is 0.900 bits per heavy atom. The molecule has 0 N–H and O–H groups in total. The fraction of sp³-hybridized carbons (Fsp3) is 0.375. The third kappa shape index (κ3) is 5.43. The molecule has 0 spiro atoms. The van der Waals surface area contributed by atoms with E-state index < -0.39 is 11.7 Å². The smallest absolute Gasteiger partial charge is 0.368 e. The molecule has 2 aromatic rings. The van der Waals surface area contributed by atoms with E-state index in [1.54, 1.807) is 23.1 Å². The number of alkyl halides is 3. The second-order valence-electron chi connectivity index (χ2n) is 8.57. The van der Waals surface area contributed by atoms with Crippen molar-refractivity contribution in [1.82, 2.24) is 4.90 Å². The first-order chi connectivity index (χ1) is 14.0. The van der Waals surface area contributed by atoms with Crippen molar-refractivity contribution in [1.29, 1.82) is 0 Å². The van der Waals surface area contributed by atoms with Crippen LogP contribution in [0.1, 0.15) is 37.5 Å². The van der Waals surface area contributed by atoms with E-state index in [0.29, 0.717) is 31.9 Å². The van der Waals surface area contributed by atoms with Gasteiger partial charge in [0.25, 0.3) is 0 Å². The van der Waals surface area contributed by atoms with Gasteiger partial charge in [-0.2, -0.15) is 13.2 Å². The highest BCUT2D eigenvalue weighted by molar-refractivity contribution is 5.92. The van der Waals surface area contributed by atoms with E-state index in [0.717, 1.165) is 11.6 Å². The number of rotatable bonds is 3. The first-order valence-corrected chi connectivity index (χ1v) is 10.0. The number of anilines is 1. The molecule has 160 valence electrons. The minimum atomic E-state index is -4.36. The summed E-state index contributed by atoms with van der Waals surface area (Å²) in [5.41, 5.74) is 2.15. The topological polar surface area (TPSA) is 23.6 Å². The van der Waals surface area contributed by atoms with E-state index in [2.05, 4.69) is 32.9 Å². The second-order valence-corrected chi connectivity index (χ2v) is 8.57. The summed E-state index contributed by atoms with van der Waals surface area (Å²) < 4.78 is 38.8. The number of nitrogens with zero attached hydrogens (tertiary/aromatic N) is 2. The molecule has 0 unspecified atom stereocenters. The Kier molecular flexibility index (Phi) is 6.25. The normalized spacial score (nSPS) is 15.7. The van der Waals surface area contributed by atoms with Crippen LogP contribution in [0, 0.1) is 0 Å². The average Bonchev–Trinajstić information content (AvgIpc) is 2.71. The maximum atomic E-state index is 12.9. The van der Waals surface area contributed by atoms with Crippen molar-refractivity contribution in [2.75, 3.05) is 31.1 Å². The van der Waals surface area contributed by atoms with Crippen molar-refractivity contribution in [2.45, 2.75) is 32.4 Å². The minimum absolute atomic E-state index is 0.0807. The van der Waals surface area contributed by atoms with Gasteiger partial charge in [-0.25, -0.2) is 0 Å². The molecule has 30 heavy (non-hydrogen) atoms. The minimum Gasteiger partial charge on any atom is -0.368 e. The molecular weight excluding hydrogens is 389 g/mol. The van der Waals surface area contributed by atoms with Gasteiger partial charge >= 0.3 is 6.18 Å². The summed E-state index contributed by atoms with van der Waals surface area (Å²) in [5.74, 6) is -0.0846. The van der Waals surface area contributed by atoms with Gasteiger partial charge in [0.15, 0.2) is 0 Å². The summed E-state index contributed by atoms with van der Waals surface area (Å²) in [7, 11) is 0. The maximum Gasteiger partial charge on any atom is 0.416 e. The van der Waals surface area contributed by atoms with Crippen LogP contribution in [0.2, 0.25) is 0 Å². The maximum absolute atomic E-state index is 12.9. The van der Waals surface area contributed by atoms with Crippen molar-refractivity contribution < 1.29 is 18.0 Å². The summed E-state index contributed by atoms with van der Waals surface area (Å²) in [5, 5.41) is 0. The molecule has 0 bridgehead atoms. The molecule has 1 aliphatic heterocycles. The summed E-state index contributed by atoms with van der Waals surface area (Å²) in [6.45, 7) is 8.41. The van der Waals surface area contributed by atoms with Crippen LogP contribution in [0.3, 0.4) is 0 Å². The summed E-state index contributed by atoms with van der Waals surface area (Å²) in [4.78, 5) is 16.1. The fourth-order valence-corrected chi connectivity index (χ4v) is 3.43.